The quantitative estimate of drug-likeness (QED) is 0.843. The van der Waals surface area contributed by atoms with Crippen LogP contribution in [0.4, 0.5) is 0 Å². The standard InChI is InChI=1S/C11H14BrNO/c12-10-4-2-1-3-9(10)11(8-14)5-6-13-7-11/h1-4,13-14H,5-8H2. The second-order valence-electron chi connectivity index (χ2n) is 3.85. The number of aliphatic hydroxyl groups excluding tert-OH is 1. The molecule has 76 valence electrons. The summed E-state index contributed by atoms with van der Waals surface area (Å²) in [6.45, 7) is 2.07. The van der Waals surface area contributed by atoms with E-state index >= 15 is 0 Å². The van der Waals surface area contributed by atoms with Crippen molar-refractivity contribution in [3.05, 3.63) is 34.3 Å². The highest BCUT2D eigenvalue weighted by Crippen LogP contribution is 2.34. The lowest BCUT2D eigenvalue weighted by atomic mass is 9.80. The molecule has 1 aliphatic heterocycles. The van der Waals surface area contributed by atoms with E-state index in [4.69, 9.17) is 0 Å². The summed E-state index contributed by atoms with van der Waals surface area (Å²) in [5, 5.41) is 12.8. The van der Waals surface area contributed by atoms with Crippen LogP contribution < -0.4 is 5.32 Å². The van der Waals surface area contributed by atoms with Crippen molar-refractivity contribution < 1.29 is 5.11 Å². The van der Waals surface area contributed by atoms with E-state index < -0.39 is 0 Å². The van der Waals surface area contributed by atoms with Gasteiger partial charge in [-0.2, -0.15) is 0 Å². The first-order valence-corrected chi connectivity index (χ1v) is 5.64. The third kappa shape index (κ3) is 1.60. The number of nitrogens with one attached hydrogen (secondary N) is 1. The molecule has 1 atom stereocenters. The molecule has 0 aliphatic carbocycles. The topological polar surface area (TPSA) is 32.3 Å². The summed E-state index contributed by atoms with van der Waals surface area (Å²) in [6.07, 6.45) is 1.01. The van der Waals surface area contributed by atoms with Crippen molar-refractivity contribution in [2.45, 2.75) is 11.8 Å². The van der Waals surface area contributed by atoms with Gasteiger partial charge in [-0.3, -0.25) is 0 Å². The maximum absolute atomic E-state index is 9.53. The van der Waals surface area contributed by atoms with Crippen LogP contribution in [0.5, 0.6) is 0 Å². The Bertz CT molecular complexity index is 321. The van der Waals surface area contributed by atoms with Crippen molar-refractivity contribution in [3.63, 3.8) is 0 Å². The Morgan fingerprint density at radius 3 is 2.79 bits per heavy atom. The summed E-state index contributed by atoms with van der Waals surface area (Å²) in [7, 11) is 0. The molecule has 1 aromatic rings. The lowest BCUT2D eigenvalue weighted by molar-refractivity contribution is 0.205. The van der Waals surface area contributed by atoms with Crippen molar-refractivity contribution in [2.24, 2.45) is 0 Å². The Balaban J connectivity index is 2.41. The predicted octanol–water partition coefficient (Wildman–Crippen LogP) is 1.67. The van der Waals surface area contributed by atoms with Crippen LogP contribution in [0.1, 0.15) is 12.0 Å². The zero-order valence-corrected chi connectivity index (χ0v) is 9.55. The van der Waals surface area contributed by atoms with Gasteiger partial charge in [-0.15, -0.1) is 0 Å². The molecule has 14 heavy (non-hydrogen) atoms. The lowest BCUT2D eigenvalue weighted by Gasteiger charge is -2.27. The van der Waals surface area contributed by atoms with Crippen LogP contribution >= 0.6 is 15.9 Å². The fourth-order valence-corrected chi connectivity index (χ4v) is 2.79. The molecule has 0 radical (unpaired) electrons. The number of hydrogen-bond donors (Lipinski definition) is 2. The predicted molar refractivity (Wildman–Crippen MR) is 60.4 cm³/mol. The molecule has 0 bridgehead atoms. The largest absolute Gasteiger partial charge is 0.395 e. The lowest BCUT2D eigenvalue weighted by Crippen LogP contribution is -2.33. The van der Waals surface area contributed by atoms with Gasteiger partial charge in [-0.1, -0.05) is 34.1 Å². The smallest absolute Gasteiger partial charge is 0.0541 e. The summed E-state index contributed by atoms with van der Waals surface area (Å²) in [5.41, 5.74) is 1.13. The van der Waals surface area contributed by atoms with Crippen LogP contribution in [0.25, 0.3) is 0 Å². The van der Waals surface area contributed by atoms with E-state index in [0.717, 1.165) is 24.0 Å². The van der Waals surface area contributed by atoms with E-state index in [0.29, 0.717) is 0 Å². The average Bonchev–Trinajstić information content (AvgIpc) is 2.68. The Labute approximate surface area is 92.5 Å². The van der Waals surface area contributed by atoms with Gasteiger partial charge in [0.1, 0.15) is 0 Å². The summed E-state index contributed by atoms with van der Waals surface area (Å²) < 4.78 is 1.10. The van der Waals surface area contributed by atoms with Crippen molar-refractivity contribution in [1.29, 1.82) is 0 Å². The van der Waals surface area contributed by atoms with E-state index in [9.17, 15) is 5.11 Å². The van der Waals surface area contributed by atoms with E-state index in [1.807, 2.05) is 18.2 Å². The van der Waals surface area contributed by atoms with Gasteiger partial charge in [0.25, 0.3) is 0 Å². The van der Waals surface area contributed by atoms with Gasteiger partial charge in [0.15, 0.2) is 0 Å². The molecule has 1 heterocycles. The minimum absolute atomic E-state index is 0.0832. The second kappa shape index (κ2) is 4.01. The van der Waals surface area contributed by atoms with Crippen molar-refractivity contribution >= 4 is 15.9 Å². The Morgan fingerprint density at radius 2 is 2.21 bits per heavy atom. The normalized spacial score (nSPS) is 26.7. The van der Waals surface area contributed by atoms with E-state index in [2.05, 4.69) is 27.3 Å². The van der Waals surface area contributed by atoms with Crippen molar-refractivity contribution in [3.8, 4) is 0 Å². The Kier molecular flexibility index (Phi) is 2.91. The molecule has 1 saturated heterocycles. The highest BCUT2D eigenvalue weighted by molar-refractivity contribution is 9.10. The summed E-state index contributed by atoms with van der Waals surface area (Å²) in [6, 6.07) is 8.15. The van der Waals surface area contributed by atoms with Crippen molar-refractivity contribution in [1.82, 2.24) is 5.32 Å². The van der Waals surface area contributed by atoms with Gasteiger partial charge in [-0.05, 0) is 24.6 Å². The molecule has 1 unspecified atom stereocenters. The zero-order chi connectivity index (χ0) is 10.0. The van der Waals surface area contributed by atoms with Gasteiger partial charge in [0.05, 0.1) is 6.61 Å². The van der Waals surface area contributed by atoms with Gasteiger partial charge < -0.3 is 10.4 Å². The summed E-state index contributed by atoms with van der Waals surface area (Å²) >= 11 is 3.54. The van der Waals surface area contributed by atoms with E-state index in [-0.39, 0.29) is 12.0 Å². The number of hydrogen-bond acceptors (Lipinski definition) is 2. The minimum atomic E-state index is -0.0832. The highest BCUT2D eigenvalue weighted by atomic mass is 79.9. The molecular weight excluding hydrogens is 242 g/mol. The Hall–Kier alpha value is -0.380. The molecule has 1 fully saturated rings. The molecule has 1 aromatic carbocycles. The molecule has 2 rings (SSSR count). The zero-order valence-electron chi connectivity index (χ0n) is 7.96. The van der Waals surface area contributed by atoms with Gasteiger partial charge >= 0.3 is 0 Å². The molecule has 2 N–H and O–H groups in total. The first-order valence-electron chi connectivity index (χ1n) is 4.85. The number of aliphatic hydroxyl groups is 1. The van der Waals surface area contributed by atoms with Gasteiger partial charge in [-0.25, -0.2) is 0 Å². The van der Waals surface area contributed by atoms with Gasteiger partial charge in [0.2, 0.25) is 0 Å². The molecular formula is C11H14BrNO. The fourth-order valence-electron chi connectivity index (χ4n) is 2.09. The summed E-state index contributed by atoms with van der Waals surface area (Å²) in [4.78, 5) is 0. The van der Waals surface area contributed by atoms with Crippen molar-refractivity contribution in [2.75, 3.05) is 19.7 Å². The van der Waals surface area contributed by atoms with Crippen LogP contribution in [0.15, 0.2) is 28.7 Å². The number of halogens is 1. The number of rotatable bonds is 2. The maximum Gasteiger partial charge on any atom is 0.0541 e. The first-order chi connectivity index (χ1) is 6.78. The average molecular weight is 256 g/mol. The molecule has 0 saturated carbocycles. The third-order valence-corrected chi connectivity index (χ3v) is 3.68. The second-order valence-corrected chi connectivity index (χ2v) is 4.70. The van der Waals surface area contributed by atoms with Crippen LogP contribution in [0, 0.1) is 0 Å². The van der Waals surface area contributed by atoms with Crippen LogP contribution in [-0.2, 0) is 5.41 Å². The SMILES string of the molecule is OCC1(c2ccccc2Br)CCNC1. The monoisotopic (exact) mass is 255 g/mol. The van der Waals surface area contributed by atoms with E-state index in [1.54, 1.807) is 0 Å². The van der Waals surface area contributed by atoms with Crippen LogP contribution in [0.3, 0.4) is 0 Å². The first kappa shape index (κ1) is 10.1. The van der Waals surface area contributed by atoms with Gasteiger partial charge in [0, 0.05) is 16.4 Å². The molecule has 0 aromatic heterocycles. The Morgan fingerprint density at radius 1 is 1.43 bits per heavy atom. The highest BCUT2D eigenvalue weighted by Gasteiger charge is 2.36. The molecule has 2 nitrogen and oxygen atoms in total. The molecule has 0 spiro atoms. The van der Waals surface area contributed by atoms with Crippen LogP contribution in [0.2, 0.25) is 0 Å². The van der Waals surface area contributed by atoms with E-state index in [1.165, 1.54) is 5.56 Å². The summed E-state index contributed by atoms with van der Waals surface area (Å²) in [5.74, 6) is 0. The van der Waals surface area contributed by atoms with Crippen LogP contribution in [-0.4, -0.2) is 24.8 Å². The minimum Gasteiger partial charge on any atom is -0.395 e. The maximum atomic E-state index is 9.53. The fraction of sp³-hybridized carbons (Fsp3) is 0.455. The number of benzene rings is 1. The third-order valence-electron chi connectivity index (χ3n) is 2.99. The molecule has 3 heteroatoms. The molecule has 1 aliphatic rings. The molecule has 0 amide bonds.